The molecule has 0 unspecified atom stereocenters. The van der Waals surface area contributed by atoms with E-state index < -0.39 is 17.8 Å². The van der Waals surface area contributed by atoms with Gasteiger partial charge < -0.3 is 19.5 Å². The average Bonchev–Trinajstić information content (AvgIpc) is 2.61. The van der Waals surface area contributed by atoms with Gasteiger partial charge in [0.2, 0.25) is 0 Å². The molecule has 0 aromatic heterocycles. The van der Waals surface area contributed by atoms with Crippen molar-refractivity contribution in [3.8, 4) is 11.5 Å². The average molecular weight is 343 g/mol. The number of ether oxygens (including phenoxy) is 3. The molecule has 2 aromatic carbocycles. The number of amides is 1. The first kappa shape index (κ1) is 18.0. The maximum absolute atomic E-state index is 12.0. The Hall–Kier alpha value is -3.35. The lowest BCUT2D eigenvalue weighted by Crippen LogP contribution is -2.20. The van der Waals surface area contributed by atoms with Crippen molar-refractivity contribution in [2.75, 3.05) is 19.0 Å². The van der Waals surface area contributed by atoms with Crippen molar-refractivity contribution in [3.63, 3.8) is 0 Å². The molecule has 7 heteroatoms. The summed E-state index contributed by atoms with van der Waals surface area (Å²) in [6.45, 7) is 1.03. The molecule has 0 heterocycles. The summed E-state index contributed by atoms with van der Waals surface area (Å²) < 4.78 is 15.0. The highest BCUT2D eigenvalue weighted by Crippen LogP contribution is 2.24. The lowest BCUT2D eigenvalue weighted by molar-refractivity contribution is -0.131. The van der Waals surface area contributed by atoms with Crippen LogP contribution in [0.3, 0.4) is 0 Å². The van der Waals surface area contributed by atoms with E-state index in [4.69, 9.17) is 9.47 Å². The molecule has 0 saturated carbocycles. The van der Waals surface area contributed by atoms with Crippen molar-refractivity contribution in [1.29, 1.82) is 0 Å². The Bertz CT molecular complexity index is 772. The van der Waals surface area contributed by atoms with E-state index in [2.05, 4.69) is 10.1 Å². The predicted molar refractivity (Wildman–Crippen MR) is 89.7 cm³/mol. The molecule has 0 bridgehead atoms. The van der Waals surface area contributed by atoms with Gasteiger partial charge in [0.1, 0.15) is 17.1 Å². The Balaban J connectivity index is 2.07. The molecule has 0 aliphatic carbocycles. The van der Waals surface area contributed by atoms with Crippen molar-refractivity contribution in [1.82, 2.24) is 0 Å². The molecule has 0 saturated heterocycles. The molecule has 0 aliphatic rings. The van der Waals surface area contributed by atoms with E-state index in [-0.39, 0.29) is 17.9 Å². The van der Waals surface area contributed by atoms with Gasteiger partial charge in [-0.05, 0) is 30.3 Å². The van der Waals surface area contributed by atoms with Crippen molar-refractivity contribution < 1.29 is 28.6 Å². The van der Waals surface area contributed by atoms with Crippen LogP contribution in [-0.2, 0) is 14.3 Å². The molecule has 1 amide bonds. The molecule has 1 N–H and O–H groups in total. The monoisotopic (exact) mass is 343 g/mol. The zero-order valence-corrected chi connectivity index (χ0v) is 13.8. The molecule has 7 nitrogen and oxygen atoms in total. The second-order valence-corrected chi connectivity index (χ2v) is 4.95. The van der Waals surface area contributed by atoms with Gasteiger partial charge in [-0.3, -0.25) is 9.59 Å². The Morgan fingerprint density at radius 2 is 1.76 bits per heavy atom. The van der Waals surface area contributed by atoms with Crippen LogP contribution in [0, 0.1) is 0 Å². The second-order valence-electron chi connectivity index (χ2n) is 4.95. The van der Waals surface area contributed by atoms with Crippen LogP contribution in [-0.4, -0.2) is 31.6 Å². The largest absolute Gasteiger partial charge is 0.484 e. The van der Waals surface area contributed by atoms with E-state index in [9.17, 15) is 14.4 Å². The molecule has 0 aliphatic heterocycles. The zero-order chi connectivity index (χ0) is 18.2. The van der Waals surface area contributed by atoms with Gasteiger partial charge >= 0.3 is 11.9 Å². The number of rotatable bonds is 6. The van der Waals surface area contributed by atoms with Crippen LogP contribution in [0.4, 0.5) is 5.69 Å². The van der Waals surface area contributed by atoms with E-state index in [1.807, 2.05) is 6.07 Å². The van der Waals surface area contributed by atoms with Crippen LogP contribution < -0.4 is 14.8 Å². The molecule has 0 spiro atoms. The SMILES string of the molecule is COC(=O)c1cc(NC(=O)COc2ccccc2)ccc1OC(C)=O. The minimum absolute atomic E-state index is 0.0273. The molecule has 2 rings (SSSR count). The molecule has 2 aromatic rings. The highest BCUT2D eigenvalue weighted by molar-refractivity contribution is 5.97. The van der Waals surface area contributed by atoms with Crippen LogP contribution in [0.2, 0.25) is 0 Å². The minimum Gasteiger partial charge on any atom is -0.484 e. The third kappa shape index (κ3) is 5.35. The third-order valence-electron chi connectivity index (χ3n) is 3.04. The van der Waals surface area contributed by atoms with Crippen LogP contribution in [0.25, 0.3) is 0 Å². The molecule has 130 valence electrons. The van der Waals surface area contributed by atoms with E-state index in [1.54, 1.807) is 24.3 Å². The van der Waals surface area contributed by atoms with E-state index in [0.29, 0.717) is 11.4 Å². The van der Waals surface area contributed by atoms with Gasteiger partial charge in [-0.1, -0.05) is 18.2 Å². The fourth-order valence-electron chi connectivity index (χ4n) is 1.98. The number of nitrogens with one attached hydrogen (secondary N) is 1. The van der Waals surface area contributed by atoms with Crippen LogP contribution in [0.5, 0.6) is 11.5 Å². The van der Waals surface area contributed by atoms with E-state index >= 15 is 0 Å². The third-order valence-corrected chi connectivity index (χ3v) is 3.04. The van der Waals surface area contributed by atoms with E-state index in [1.165, 1.54) is 32.2 Å². The first-order valence-electron chi connectivity index (χ1n) is 7.38. The number of esters is 2. The maximum atomic E-state index is 12.0. The van der Waals surface area contributed by atoms with Crippen LogP contribution in [0.15, 0.2) is 48.5 Å². The van der Waals surface area contributed by atoms with Gasteiger partial charge in [0.25, 0.3) is 5.91 Å². The second kappa shape index (κ2) is 8.49. The number of hydrogen-bond acceptors (Lipinski definition) is 6. The first-order chi connectivity index (χ1) is 12.0. The quantitative estimate of drug-likeness (QED) is 0.640. The fraction of sp³-hybridized carbons (Fsp3) is 0.167. The smallest absolute Gasteiger partial charge is 0.341 e. The number of carbonyl (C=O) groups excluding carboxylic acids is 3. The molecular formula is C18H17NO6. The van der Waals surface area contributed by atoms with Gasteiger partial charge in [-0.15, -0.1) is 0 Å². The summed E-state index contributed by atoms with van der Waals surface area (Å²) in [6.07, 6.45) is 0. The molecule has 25 heavy (non-hydrogen) atoms. The summed E-state index contributed by atoms with van der Waals surface area (Å²) in [5.74, 6) is -1.04. The topological polar surface area (TPSA) is 90.9 Å². The standard InChI is InChI=1S/C18H17NO6/c1-12(20)25-16-9-8-13(10-15(16)18(22)23-2)19-17(21)11-24-14-6-4-3-5-7-14/h3-10H,11H2,1-2H3,(H,19,21). The van der Waals surface area contributed by atoms with Gasteiger partial charge in [0.05, 0.1) is 7.11 Å². The summed E-state index contributed by atoms with van der Waals surface area (Å²) in [4.78, 5) is 34.9. The number of methoxy groups -OCH3 is 1. The first-order valence-corrected chi connectivity index (χ1v) is 7.38. The fourth-order valence-corrected chi connectivity index (χ4v) is 1.98. The van der Waals surface area contributed by atoms with Crippen molar-refractivity contribution >= 4 is 23.5 Å². The lowest BCUT2D eigenvalue weighted by Gasteiger charge is -2.11. The summed E-state index contributed by atoms with van der Waals surface area (Å²) in [6, 6.07) is 13.2. The summed E-state index contributed by atoms with van der Waals surface area (Å²) in [7, 11) is 1.21. The minimum atomic E-state index is -0.687. The Kier molecular flexibility index (Phi) is 6.11. The Labute approximate surface area is 144 Å². The molecule has 0 atom stereocenters. The molecular weight excluding hydrogens is 326 g/mol. The molecule has 0 fully saturated rings. The summed E-state index contributed by atoms with van der Waals surface area (Å²) in [5.41, 5.74) is 0.373. The number of para-hydroxylation sites is 1. The van der Waals surface area contributed by atoms with Crippen molar-refractivity contribution in [2.24, 2.45) is 0 Å². The summed E-state index contributed by atoms with van der Waals surface area (Å²) in [5, 5.41) is 2.60. The van der Waals surface area contributed by atoms with Gasteiger partial charge in [0.15, 0.2) is 6.61 Å². The normalized spacial score (nSPS) is 9.84. The Morgan fingerprint density at radius 1 is 1.04 bits per heavy atom. The number of hydrogen-bond donors (Lipinski definition) is 1. The van der Waals surface area contributed by atoms with Crippen molar-refractivity contribution in [2.45, 2.75) is 6.92 Å². The van der Waals surface area contributed by atoms with E-state index in [0.717, 1.165) is 0 Å². The number of anilines is 1. The lowest BCUT2D eigenvalue weighted by atomic mass is 10.1. The van der Waals surface area contributed by atoms with Crippen LogP contribution >= 0.6 is 0 Å². The maximum Gasteiger partial charge on any atom is 0.341 e. The van der Waals surface area contributed by atoms with Gasteiger partial charge in [-0.2, -0.15) is 0 Å². The van der Waals surface area contributed by atoms with Crippen molar-refractivity contribution in [3.05, 3.63) is 54.1 Å². The number of benzene rings is 2. The highest BCUT2D eigenvalue weighted by Gasteiger charge is 2.16. The van der Waals surface area contributed by atoms with Gasteiger partial charge in [-0.25, -0.2) is 4.79 Å². The highest BCUT2D eigenvalue weighted by atomic mass is 16.5. The number of carbonyl (C=O) groups is 3. The zero-order valence-electron chi connectivity index (χ0n) is 13.8. The summed E-state index contributed by atoms with van der Waals surface area (Å²) >= 11 is 0. The predicted octanol–water partition coefficient (Wildman–Crippen LogP) is 2.42. The van der Waals surface area contributed by atoms with Gasteiger partial charge in [0, 0.05) is 12.6 Å². The van der Waals surface area contributed by atoms with Crippen LogP contribution in [0.1, 0.15) is 17.3 Å². The molecule has 0 radical (unpaired) electrons. The Morgan fingerprint density at radius 3 is 2.40 bits per heavy atom.